The van der Waals surface area contributed by atoms with E-state index in [1.165, 1.54) is 0 Å². The summed E-state index contributed by atoms with van der Waals surface area (Å²) in [6, 6.07) is 1.38. The zero-order chi connectivity index (χ0) is 10.9. The van der Waals surface area contributed by atoms with Crippen LogP contribution >= 0.6 is 0 Å². The summed E-state index contributed by atoms with van der Waals surface area (Å²) in [6.45, 7) is 0. The van der Waals surface area contributed by atoms with Crippen LogP contribution in [0, 0.1) is 11.6 Å². The van der Waals surface area contributed by atoms with Crippen LogP contribution in [0.5, 0.6) is 5.75 Å². The molecule has 0 atom stereocenters. The molecule has 1 aromatic carbocycles. The minimum Gasteiger partial charge on any atom is -0.403 e. The minimum atomic E-state index is -5.07. The summed E-state index contributed by atoms with van der Waals surface area (Å²) >= 11 is 0. The van der Waals surface area contributed by atoms with E-state index >= 15 is 0 Å². The zero-order valence-corrected chi connectivity index (χ0v) is 6.53. The predicted molar refractivity (Wildman–Crippen MR) is 37.5 cm³/mol. The highest BCUT2D eigenvalue weighted by Gasteiger charge is 2.33. The number of nitrogens with two attached hydrogens (primary N) is 1. The number of hydrogen-bond acceptors (Lipinski definition) is 2. The summed E-state index contributed by atoms with van der Waals surface area (Å²) in [6.07, 6.45) is -5.07. The van der Waals surface area contributed by atoms with Gasteiger partial charge in [0.25, 0.3) is 0 Å². The first kappa shape index (κ1) is 10.6. The van der Waals surface area contributed by atoms with Gasteiger partial charge in [-0.1, -0.05) is 0 Å². The van der Waals surface area contributed by atoms with Gasteiger partial charge < -0.3 is 10.5 Å². The second-order valence-electron chi connectivity index (χ2n) is 2.33. The summed E-state index contributed by atoms with van der Waals surface area (Å²) in [4.78, 5) is 0. The Bertz CT molecular complexity index is 349. The van der Waals surface area contributed by atoms with Crippen LogP contribution in [0.25, 0.3) is 0 Å². The Hall–Kier alpha value is -1.53. The SMILES string of the molecule is Nc1ccc(OC(F)(F)F)c(F)c1F. The molecule has 0 saturated carbocycles. The van der Waals surface area contributed by atoms with Gasteiger partial charge in [-0.2, -0.15) is 4.39 Å². The van der Waals surface area contributed by atoms with Gasteiger partial charge in [0.05, 0.1) is 5.69 Å². The molecule has 78 valence electrons. The first-order valence-electron chi connectivity index (χ1n) is 3.30. The van der Waals surface area contributed by atoms with Gasteiger partial charge in [0.1, 0.15) is 0 Å². The molecule has 14 heavy (non-hydrogen) atoms. The zero-order valence-electron chi connectivity index (χ0n) is 6.53. The summed E-state index contributed by atoms with van der Waals surface area (Å²) in [5.41, 5.74) is 4.32. The molecule has 0 heterocycles. The molecular formula is C7H4F5NO. The van der Waals surface area contributed by atoms with Crippen molar-refractivity contribution in [3.05, 3.63) is 23.8 Å². The molecule has 0 radical (unpaired) electrons. The predicted octanol–water partition coefficient (Wildman–Crippen LogP) is 2.45. The molecule has 2 nitrogen and oxygen atoms in total. The molecule has 0 unspecified atom stereocenters. The van der Waals surface area contributed by atoms with E-state index < -0.39 is 29.4 Å². The van der Waals surface area contributed by atoms with E-state index in [0.717, 1.165) is 6.07 Å². The minimum absolute atomic E-state index is 0.586. The fourth-order valence-electron chi connectivity index (χ4n) is 0.750. The molecule has 0 aromatic heterocycles. The Morgan fingerprint density at radius 2 is 1.64 bits per heavy atom. The Kier molecular flexibility index (Phi) is 2.50. The maximum absolute atomic E-state index is 12.7. The molecule has 7 heteroatoms. The van der Waals surface area contributed by atoms with Crippen LogP contribution in [0.4, 0.5) is 27.6 Å². The van der Waals surface area contributed by atoms with Crippen molar-refractivity contribution in [2.75, 3.05) is 5.73 Å². The van der Waals surface area contributed by atoms with Gasteiger partial charge in [-0.3, -0.25) is 0 Å². The lowest BCUT2D eigenvalue weighted by atomic mass is 10.3. The molecule has 0 bridgehead atoms. The van der Waals surface area contributed by atoms with E-state index in [9.17, 15) is 22.0 Å². The van der Waals surface area contributed by atoms with Gasteiger partial charge in [-0.15, -0.1) is 13.2 Å². The maximum atomic E-state index is 12.7. The standard InChI is InChI=1S/C7H4F5NO/c8-5-3(13)1-2-4(6(5)9)14-7(10,11)12/h1-2H,13H2. The third kappa shape index (κ3) is 2.24. The van der Waals surface area contributed by atoms with Crippen LogP contribution in [-0.2, 0) is 0 Å². The van der Waals surface area contributed by atoms with Crippen molar-refractivity contribution in [3.63, 3.8) is 0 Å². The van der Waals surface area contributed by atoms with Crippen molar-refractivity contribution in [1.82, 2.24) is 0 Å². The first-order valence-corrected chi connectivity index (χ1v) is 3.30. The fourth-order valence-corrected chi connectivity index (χ4v) is 0.750. The normalized spacial score (nSPS) is 11.5. The largest absolute Gasteiger partial charge is 0.573 e. The van der Waals surface area contributed by atoms with Crippen molar-refractivity contribution >= 4 is 5.69 Å². The topological polar surface area (TPSA) is 35.2 Å². The third-order valence-corrected chi connectivity index (χ3v) is 1.30. The molecular weight excluding hydrogens is 209 g/mol. The van der Waals surface area contributed by atoms with Crippen molar-refractivity contribution in [1.29, 1.82) is 0 Å². The van der Waals surface area contributed by atoms with Gasteiger partial charge >= 0.3 is 6.36 Å². The Morgan fingerprint density at radius 1 is 1.07 bits per heavy atom. The van der Waals surface area contributed by atoms with Crippen molar-refractivity contribution in [2.45, 2.75) is 6.36 Å². The Morgan fingerprint density at radius 3 is 2.14 bits per heavy atom. The van der Waals surface area contributed by atoms with E-state index in [4.69, 9.17) is 5.73 Å². The molecule has 1 aromatic rings. The molecule has 0 aliphatic carbocycles. The second-order valence-corrected chi connectivity index (χ2v) is 2.33. The number of anilines is 1. The Labute approximate surface area is 75.1 Å². The molecule has 0 saturated heterocycles. The van der Waals surface area contributed by atoms with Crippen LogP contribution in [0.3, 0.4) is 0 Å². The van der Waals surface area contributed by atoms with Crippen LogP contribution in [0.2, 0.25) is 0 Å². The molecule has 1 rings (SSSR count). The van der Waals surface area contributed by atoms with Gasteiger partial charge in [-0.25, -0.2) is 4.39 Å². The van der Waals surface area contributed by atoms with E-state index in [1.807, 2.05) is 0 Å². The van der Waals surface area contributed by atoms with Gasteiger partial charge in [0, 0.05) is 0 Å². The van der Waals surface area contributed by atoms with Crippen LogP contribution in [-0.4, -0.2) is 6.36 Å². The first-order chi connectivity index (χ1) is 6.31. The van der Waals surface area contributed by atoms with E-state index in [0.29, 0.717) is 6.07 Å². The quantitative estimate of drug-likeness (QED) is 0.574. The summed E-state index contributed by atoms with van der Waals surface area (Å²) in [7, 11) is 0. The number of alkyl halides is 3. The summed E-state index contributed by atoms with van der Waals surface area (Å²) in [5, 5.41) is 0. The number of nitrogen functional groups attached to an aromatic ring is 1. The van der Waals surface area contributed by atoms with Crippen LogP contribution in [0.1, 0.15) is 0 Å². The van der Waals surface area contributed by atoms with Gasteiger partial charge in [0.15, 0.2) is 11.6 Å². The van der Waals surface area contributed by atoms with Gasteiger partial charge in [0.2, 0.25) is 5.82 Å². The van der Waals surface area contributed by atoms with E-state index in [-0.39, 0.29) is 0 Å². The highest BCUT2D eigenvalue weighted by Crippen LogP contribution is 2.28. The summed E-state index contributed by atoms with van der Waals surface area (Å²) in [5.74, 6) is -4.57. The molecule has 2 N–H and O–H groups in total. The lowest BCUT2D eigenvalue weighted by Gasteiger charge is -2.10. The van der Waals surface area contributed by atoms with Crippen LogP contribution < -0.4 is 10.5 Å². The molecule has 0 aliphatic rings. The molecule has 0 amide bonds. The second kappa shape index (κ2) is 3.32. The Balaban J connectivity index is 3.06. The highest BCUT2D eigenvalue weighted by molar-refractivity contribution is 5.44. The molecule has 0 spiro atoms. The number of ether oxygens (including phenoxy) is 1. The van der Waals surface area contributed by atoms with E-state index in [1.54, 1.807) is 0 Å². The van der Waals surface area contributed by atoms with Crippen molar-refractivity contribution < 1.29 is 26.7 Å². The van der Waals surface area contributed by atoms with E-state index in [2.05, 4.69) is 4.74 Å². The highest BCUT2D eigenvalue weighted by atomic mass is 19.4. The number of hydrogen-bond donors (Lipinski definition) is 1. The fraction of sp³-hybridized carbons (Fsp3) is 0.143. The number of rotatable bonds is 1. The summed E-state index contributed by atoms with van der Waals surface area (Å²) < 4.78 is 63.4. The maximum Gasteiger partial charge on any atom is 0.573 e. The third-order valence-electron chi connectivity index (χ3n) is 1.30. The molecule has 0 fully saturated rings. The lowest BCUT2D eigenvalue weighted by Crippen LogP contribution is -2.18. The van der Waals surface area contributed by atoms with Crippen LogP contribution in [0.15, 0.2) is 12.1 Å². The monoisotopic (exact) mass is 213 g/mol. The van der Waals surface area contributed by atoms with Crippen molar-refractivity contribution in [2.24, 2.45) is 0 Å². The average Bonchev–Trinajstić information content (AvgIpc) is 2.04. The number of benzene rings is 1. The van der Waals surface area contributed by atoms with Gasteiger partial charge in [-0.05, 0) is 12.1 Å². The molecule has 0 aliphatic heterocycles. The smallest absolute Gasteiger partial charge is 0.403 e. The number of halogens is 5. The average molecular weight is 213 g/mol. The lowest BCUT2D eigenvalue weighted by molar-refractivity contribution is -0.275. The van der Waals surface area contributed by atoms with Crippen molar-refractivity contribution in [3.8, 4) is 5.75 Å².